The van der Waals surface area contributed by atoms with Crippen LogP contribution in [0.3, 0.4) is 0 Å². The fraction of sp³-hybridized carbons (Fsp3) is 0.522. The highest BCUT2D eigenvalue weighted by atomic mass is 19.1. The average molecular weight is 413 g/mol. The minimum absolute atomic E-state index is 0.0340. The van der Waals surface area contributed by atoms with Gasteiger partial charge in [0.15, 0.2) is 0 Å². The highest BCUT2D eigenvalue weighted by Gasteiger charge is 2.33. The molecule has 4 rings (SSSR count). The van der Waals surface area contributed by atoms with E-state index in [9.17, 15) is 14.0 Å². The number of likely N-dealkylation sites (tertiary alicyclic amines) is 2. The van der Waals surface area contributed by atoms with Crippen molar-refractivity contribution in [1.82, 2.24) is 14.8 Å². The molecule has 0 bridgehead atoms. The standard InChI is InChI=1S/C23H28FN3O3/c24-18-10-8-17(9-11-18)14-19-15-25-23(30-19)20-6-3-5-13-27(20)22(29)16-26-12-4-1-2-7-21(26)28/h8-11,15,20H,1-7,12-14,16H2/t20-/m1/s1. The Morgan fingerprint density at radius 2 is 1.90 bits per heavy atom. The number of amides is 2. The minimum Gasteiger partial charge on any atom is -0.443 e. The molecule has 2 aromatic rings. The molecular formula is C23H28FN3O3. The molecule has 2 amide bonds. The number of hydrogen-bond donors (Lipinski definition) is 0. The average Bonchev–Trinajstić information content (AvgIpc) is 3.13. The lowest BCUT2D eigenvalue weighted by atomic mass is 10.0. The van der Waals surface area contributed by atoms with Gasteiger partial charge < -0.3 is 14.2 Å². The van der Waals surface area contributed by atoms with Gasteiger partial charge in [-0.25, -0.2) is 9.37 Å². The lowest BCUT2D eigenvalue weighted by Gasteiger charge is -2.35. The lowest BCUT2D eigenvalue weighted by molar-refractivity contribution is -0.143. The van der Waals surface area contributed by atoms with Gasteiger partial charge in [0.25, 0.3) is 0 Å². The number of oxazole rings is 1. The molecule has 2 aliphatic heterocycles. The number of nitrogens with zero attached hydrogens (tertiary/aromatic N) is 3. The number of rotatable bonds is 5. The van der Waals surface area contributed by atoms with E-state index in [1.54, 1.807) is 23.2 Å². The van der Waals surface area contributed by atoms with Crippen molar-refractivity contribution in [2.75, 3.05) is 19.6 Å². The lowest BCUT2D eigenvalue weighted by Crippen LogP contribution is -2.46. The molecule has 0 aliphatic carbocycles. The first-order chi connectivity index (χ1) is 14.6. The molecule has 160 valence electrons. The second-order valence-corrected chi connectivity index (χ2v) is 8.19. The zero-order chi connectivity index (χ0) is 20.9. The van der Waals surface area contributed by atoms with Crippen molar-refractivity contribution in [3.8, 4) is 0 Å². The topological polar surface area (TPSA) is 66.7 Å². The van der Waals surface area contributed by atoms with Gasteiger partial charge in [0.2, 0.25) is 17.7 Å². The highest BCUT2D eigenvalue weighted by Crippen LogP contribution is 2.31. The van der Waals surface area contributed by atoms with E-state index in [0.29, 0.717) is 37.6 Å². The Hall–Kier alpha value is -2.70. The monoisotopic (exact) mass is 413 g/mol. The first-order valence-corrected chi connectivity index (χ1v) is 10.9. The van der Waals surface area contributed by atoms with Crippen LogP contribution >= 0.6 is 0 Å². The Morgan fingerprint density at radius 3 is 2.73 bits per heavy atom. The fourth-order valence-corrected chi connectivity index (χ4v) is 4.31. The molecule has 0 radical (unpaired) electrons. The third-order valence-electron chi connectivity index (χ3n) is 5.97. The maximum absolute atomic E-state index is 13.1. The van der Waals surface area contributed by atoms with Crippen molar-refractivity contribution in [3.05, 3.63) is 53.5 Å². The Morgan fingerprint density at radius 1 is 1.10 bits per heavy atom. The summed E-state index contributed by atoms with van der Waals surface area (Å²) in [5.41, 5.74) is 0.940. The molecule has 6 nitrogen and oxygen atoms in total. The zero-order valence-corrected chi connectivity index (χ0v) is 17.2. The van der Waals surface area contributed by atoms with E-state index in [-0.39, 0.29) is 30.2 Å². The summed E-state index contributed by atoms with van der Waals surface area (Å²) in [5.74, 6) is 1.01. The van der Waals surface area contributed by atoms with Gasteiger partial charge in [-0.2, -0.15) is 0 Å². The second-order valence-electron chi connectivity index (χ2n) is 8.19. The van der Waals surface area contributed by atoms with Gasteiger partial charge in [-0.1, -0.05) is 18.6 Å². The van der Waals surface area contributed by atoms with Gasteiger partial charge in [0, 0.05) is 25.9 Å². The van der Waals surface area contributed by atoms with Crippen LogP contribution in [0.25, 0.3) is 0 Å². The summed E-state index contributed by atoms with van der Waals surface area (Å²) < 4.78 is 19.1. The number of aromatic nitrogens is 1. The van der Waals surface area contributed by atoms with E-state index >= 15 is 0 Å². The summed E-state index contributed by atoms with van der Waals surface area (Å²) in [4.78, 5) is 33.3. The number of halogens is 1. The van der Waals surface area contributed by atoms with Crippen LogP contribution in [0.1, 0.15) is 68.2 Å². The van der Waals surface area contributed by atoms with Crippen LogP contribution in [0.2, 0.25) is 0 Å². The number of carbonyl (C=O) groups is 2. The van der Waals surface area contributed by atoms with Gasteiger partial charge in [-0.05, 0) is 49.8 Å². The van der Waals surface area contributed by atoms with Crippen LogP contribution in [0.4, 0.5) is 4.39 Å². The predicted octanol–water partition coefficient (Wildman–Crippen LogP) is 3.86. The Bertz CT molecular complexity index is 880. The first kappa shape index (κ1) is 20.6. The third-order valence-corrected chi connectivity index (χ3v) is 5.97. The first-order valence-electron chi connectivity index (χ1n) is 10.9. The van der Waals surface area contributed by atoms with Gasteiger partial charge in [0.05, 0.1) is 12.7 Å². The highest BCUT2D eigenvalue weighted by molar-refractivity contribution is 5.85. The second kappa shape index (κ2) is 9.41. The molecule has 2 fully saturated rings. The normalized spacial score (nSPS) is 20.3. The minimum atomic E-state index is -0.267. The molecule has 0 unspecified atom stereocenters. The summed E-state index contributed by atoms with van der Waals surface area (Å²) in [7, 11) is 0. The summed E-state index contributed by atoms with van der Waals surface area (Å²) >= 11 is 0. The smallest absolute Gasteiger partial charge is 0.242 e. The molecule has 0 saturated carbocycles. The van der Waals surface area contributed by atoms with Crippen LogP contribution in [0, 0.1) is 5.82 Å². The van der Waals surface area contributed by atoms with Gasteiger partial charge in [0.1, 0.15) is 17.6 Å². The molecule has 1 aromatic heterocycles. The molecular weight excluding hydrogens is 385 g/mol. The Balaban J connectivity index is 1.44. The molecule has 0 N–H and O–H groups in total. The summed E-state index contributed by atoms with van der Waals surface area (Å²) in [6.07, 6.45) is 8.39. The van der Waals surface area contributed by atoms with E-state index in [1.807, 2.05) is 4.90 Å². The summed E-state index contributed by atoms with van der Waals surface area (Å²) in [5, 5.41) is 0. The maximum atomic E-state index is 13.1. The molecule has 1 aromatic carbocycles. The van der Waals surface area contributed by atoms with Crippen LogP contribution in [-0.2, 0) is 16.0 Å². The van der Waals surface area contributed by atoms with Crippen LogP contribution in [0.5, 0.6) is 0 Å². The van der Waals surface area contributed by atoms with E-state index in [4.69, 9.17) is 4.42 Å². The van der Waals surface area contributed by atoms with Crippen LogP contribution < -0.4 is 0 Å². The predicted molar refractivity (Wildman–Crippen MR) is 109 cm³/mol. The molecule has 0 spiro atoms. The maximum Gasteiger partial charge on any atom is 0.242 e. The summed E-state index contributed by atoms with van der Waals surface area (Å²) in [6.45, 7) is 1.45. The number of hydrogen-bond acceptors (Lipinski definition) is 4. The zero-order valence-electron chi connectivity index (χ0n) is 17.2. The van der Waals surface area contributed by atoms with Gasteiger partial charge in [-0.3, -0.25) is 9.59 Å². The van der Waals surface area contributed by atoms with E-state index in [2.05, 4.69) is 4.98 Å². The van der Waals surface area contributed by atoms with Crippen molar-refractivity contribution >= 4 is 11.8 Å². The number of benzene rings is 1. The quantitative estimate of drug-likeness (QED) is 0.747. The van der Waals surface area contributed by atoms with Gasteiger partial charge in [-0.15, -0.1) is 0 Å². The van der Waals surface area contributed by atoms with Crippen molar-refractivity contribution < 1.29 is 18.4 Å². The number of carbonyl (C=O) groups excluding carboxylic acids is 2. The van der Waals surface area contributed by atoms with Crippen molar-refractivity contribution in [1.29, 1.82) is 0 Å². The number of piperidine rings is 1. The van der Waals surface area contributed by atoms with E-state index in [1.165, 1.54) is 12.1 Å². The molecule has 2 saturated heterocycles. The van der Waals surface area contributed by atoms with Gasteiger partial charge >= 0.3 is 0 Å². The molecule has 3 heterocycles. The SMILES string of the molecule is O=C1CCCCCN1CC(=O)N1CCCC[C@@H]1c1ncc(Cc2ccc(F)cc2)o1. The Kier molecular flexibility index (Phi) is 6.45. The van der Waals surface area contributed by atoms with Crippen molar-refractivity contribution in [2.45, 2.75) is 57.4 Å². The largest absolute Gasteiger partial charge is 0.443 e. The van der Waals surface area contributed by atoms with E-state index in [0.717, 1.165) is 44.1 Å². The summed E-state index contributed by atoms with van der Waals surface area (Å²) in [6, 6.07) is 6.12. The Labute approximate surface area is 176 Å². The molecule has 1 atom stereocenters. The van der Waals surface area contributed by atoms with Crippen molar-refractivity contribution in [2.24, 2.45) is 0 Å². The molecule has 7 heteroatoms. The molecule has 2 aliphatic rings. The van der Waals surface area contributed by atoms with Crippen LogP contribution in [0.15, 0.2) is 34.9 Å². The van der Waals surface area contributed by atoms with E-state index < -0.39 is 0 Å². The molecule has 30 heavy (non-hydrogen) atoms. The van der Waals surface area contributed by atoms with Crippen LogP contribution in [-0.4, -0.2) is 46.2 Å². The third kappa shape index (κ3) is 4.89. The van der Waals surface area contributed by atoms with Crippen molar-refractivity contribution in [3.63, 3.8) is 0 Å². The fourth-order valence-electron chi connectivity index (χ4n) is 4.31.